The summed E-state index contributed by atoms with van der Waals surface area (Å²) in [5.74, 6) is 0.973. The van der Waals surface area contributed by atoms with E-state index < -0.39 is 0 Å². The summed E-state index contributed by atoms with van der Waals surface area (Å²) in [6.07, 6.45) is 12.4. The van der Waals surface area contributed by atoms with E-state index in [1.165, 1.54) is 77.7 Å². The number of hydrogen-bond donors (Lipinski definition) is 1. The first-order valence-corrected chi connectivity index (χ1v) is 9.13. The van der Waals surface area contributed by atoms with E-state index in [-0.39, 0.29) is 0 Å². The van der Waals surface area contributed by atoms with Crippen LogP contribution in [-0.4, -0.2) is 49.1 Å². The summed E-state index contributed by atoms with van der Waals surface area (Å²) in [4.78, 5) is 2.64. The van der Waals surface area contributed by atoms with E-state index in [0.29, 0.717) is 0 Å². The van der Waals surface area contributed by atoms with E-state index in [0.717, 1.165) is 11.2 Å². The van der Waals surface area contributed by atoms with Crippen LogP contribution in [0.5, 0.6) is 0 Å². The van der Waals surface area contributed by atoms with Crippen molar-refractivity contribution >= 4 is 11.8 Å². The topological polar surface area (TPSA) is 15.3 Å². The van der Waals surface area contributed by atoms with Gasteiger partial charge < -0.3 is 10.2 Å². The minimum absolute atomic E-state index is 0.927. The van der Waals surface area contributed by atoms with Crippen molar-refractivity contribution in [2.75, 3.05) is 39.0 Å². The molecule has 0 aromatic rings. The van der Waals surface area contributed by atoms with E-state index in [9.17, 15) is 0 Å². The van der Waals surface area contributed by atoms with Gasteiger partial charge in [0.1, 0.15) is 0 Å². The summed E-state index contributed by atoms with van der Waals surface area (Å²) in [5.41, 5.74) is 0. The minimum atomic E-state index is 0.927. The Bertz CT molecular complexity index is 209. The minimum Gasteiger partial charge on any atom is -0.315 e. The van der Waals surface area contributed by atoms with Crippen LogP contribution in [0.1, 0.15) is 44.9 Å². The fraction of sp³-hybridized carbons (Fsp3) is 1.00. The molecule has 106 valence electrons. The van der Waals surface area contributed by atoms with Crippen molar-refractivity contribution < 1.29 is 0 Å². The number of piperidine rings is 1. The van der Waals surface area contributed by atoms with E-state index in [1.54, 1.807) is 0 Å². The van der Waals surface area contributed by atoms with Crippen LogP contribution < -0.4 is 5.32 Å². The highest BCUT2D eigenvalue weighted by Gasteiger charge is 2.18. The van der Waals surface area contributed by atoms with Crippen LogP contribution in [0.4, 0.5) is 0 Å². The summed E-state index contributed by atoms with van der Waals surface area (Å²) in [6.45, 7) is 6.35. The molecule has 1 aliphatic heterocycles. The molecule has 0 radical (unpaired) electrons. The Morgan fingerprint density at radius 2 is 1.78 bits per heavy atom. The molecule has 3 heteroatoms. The monoisotopic (exact) mass is 270 g/mol. The third kappa shape index (κ3) is 5.10. The highest BCUT2D eigenvalue weighted by Crippen LogP contribution is 2.23. The molecular formula is C15H30N2S. The largest absolute Gasteiger partial charge is 0.315 e. The molecule has 18 heavy (non-hydrogen) atoms. The molecule has 0 amide bonds. The van der Waals surface area contributed by atoms with Crippen LogP contribution in [0.2, 0.25) is 0 Å². The Labute approximate surface area is 117 Å². The van der Waals surface area contributed by atoms with Crippen molar-refractivity contribution in [2.45, 2.75) is 50.2 Å². The molecule has 0 unspecified atom stereocenters. The second-order valence-electron chi connectivity index (χ2n) is 5.98. The van der Waals surface area contributed by atoms with E-state index in [2.05, 4.69) is 28.2 Å². The second-order valence-corrected chi connectivity index (χ2v) is 7.12. The van der Waals surface area contributed by atoms with Crippen LogP contribution in [-0.2, 0) is 0 Å². The van der Waals surface area contributed by atoms with Gasteiger partial charge in [-0.2, -0.15) is 11.8 Å². The average Bonchev–Trinajstić information content (AvgIpc) is 2.45. The number of thioether (sulfide) groups is 1. The molecular weight excluding hydrogens is 240 g/mol. The van der Waals surface area contributed by atoms with Crippen molar-refractivity contribution in [3.05, 3.63) is 0 Å². The lowest BCUT2D eigenvalue weighted by molar-refractivity contribution is 0.229. The first kappa shape index (κ1) is 14.7. The summed E-state index contributed by atoms with van der Waals surface area (Å²) >= 11 is 2.05. The summed E-state index contributed by atoms with van der Waals surface area (Å²) in [6, 6.07) is 0. The fourth-order valence-electron chi connectivity index (χ4n) is 3.30. The average molecular weight is 270 g/mol. The maximum atomic E-state index is 3.68. The van der Waals surface area contributed by atoms with Gasteiger partial charge in [0.05, 0.1) is 0 Å². The van der Waals surface area contributed by atoms with Gasteiger partial charge >= 0.3 is 0 Å². The fourth-order valence-corrected chi connectivity index (χ4v) is 3.99. The quantitative estimate of drug-likeness (QED) is 0.747. The van der Waals surface area contributed by atoms with Gasteiger partial charge in [0.15, 0.2) is 0 Å². The van der Waals surface area contributed by atoms with Gasteiger partial charge in [-0.25, -0.2) is 0 Å². The van der Waals surface area contributed by atoms with Gasteiger partial charge in [-0.15, -0.1) is 0 Å². The number of nitrogens with one attached hydrogen (secondary N) is 1. The molecule has 0 spiro atoms. The SMILES string of the molecule is CSC1CCN(CCNCC2CCCCC2)CC1. The third-order valence-electron chi connectivity index (χ3n) is 4.63. The van der Waals surface area contributed by atoms with Crippen LogP contribution in [0, 0.1) is 5.92 Å². The van der Waals surface area contributed by atoms with Crippen LogP contribution >= 0.6 is 11.8 Å². The predicted molar refractivity (Wildman–Crippen MR) is 82.4 cm³/mol. The maximum Gasteiger partial charge on any atom is 0.0107 e. The van der Waals surface area contributed by atoms with Crippen LogP contribution in [0.25, 0.3) is 0 Å². The van der Waals surface area contributed by atoms with Gasteiger partial charge in [0.2, 0.25) is 0 Å². The maximum absolute atomic E-state index is 3.68. The van der Waals surface area contributed by atoms with E-state index in [4.69, 9.17) is 0 Å². The second kappa shape index (κ2) is 8.44. The van der Waals surface area contributed by atoms with Crippen molar-refractivity contribution in [2.24, 2.45) is 5.92 Å². The van der Waals surface area contributed by atoms with Gasteiger partial charge in [-0.3, -0.25) is 0 Å². The molecule has 0 atom stereocenters. The Morgan fingerprint density at radius 3 is 2.44 bits per heavy atom. The summed E-state index contributed by atoms with van der Waals surface area (Å²) in [5, 5.41) is 4.61. The Hall–Kier alpha value is 0.270. The molecule has 2 aliphatic rings. The number of rotatable bonds is 6. The van der Waals surface area contributed by atoms with Crippen molar-refractivity contribution in [1.82, 2.24) is 10.2 Å². The molecule has 0 aromatic carbocycles. The predicted octanol–water partition coefficient (Wildman–Crippen LogP) is 2.98. The van der Waals surface area contributed by atoms with Crippen molar-refractivity contribution in [1.29, 1.82) is 0 Å². The zero-order valence-corrected chi connectivity index (χ0v) is 12.8. The van der Waals surface area contributed by atoms with Gasteiger partial charge in [0.25, 0.3) is 0 Å². The number of nitrogens with zero attached hydrogens (tertiary/aromatic N) is 1. The molecule has 2 rings (SSSR count). The Morgan fingerprint density at radius 1 is 1.06 bits per heavy atom. The van der Waals surface area contributed by atoms with Crippen LogP contribution in [0.15, 0.2) is 0 Å². The first-order valence-electron chi connectivity index (χ1n) is 7.84. The molecule has 1 saturated heterocycles. The molecule has 1 saturated carbocycles. The molecule has 2 fully saturated rings. The standard InChI is InChI=1S/C15H30N2S/c1-18-15-7-10-17(11-8-15)12-9-16-13-14-5-3-2-4-6-14/h14-16H,2-13H2,1H3. The van der Waals surface area contributed by atoms with Crippen molar-refractivity contribution in [3.63, 3.8) is 0 Å². The van der Waals surface area contributed by atoms with Gasteiger partial charge in [-0.05, 0) is 57.5 Å². The molecule has 1 aliphatic carbocycles. The molecule has 1 heterocycles. The first-order chi connectivity index (χ1) is 8.88. The van der Waals surface area contributed by atoms with E-state index >= 15 is 0 Å². The highest BCUT2D eigenvalue weighted by molar-refractivity contribution is 7.99. The van der Waals surface area contributed by atoms with E-state index in [1.807, 2.05) is 0 Å². The Balaban J connectivity index is 1.48. The van der Waals surface area contributed by atoms with Gasteiger partial charge in [0, 0.05) is 18.3 Å². The third-order valence-corrected chi connectivity index (χ3v) is 5.77. The lowest BCUT2D eigenvalue weighted by atomic mass is 9.89. The Kier molecular flexibility index (Phi) is 6.88. The number of likely N-dealkylation sites (tertiary alicyclic amines) is 1. The lowest BCUT2D eigenvalue weighted by Gasteiger charge is -2.31. The molecule has 1 N–H and O–H groups in total. The summed E-state index contributed by atoms with van der Waals surface area (Å²) in [7, 11) is 0. The van der Waals surface area contributed by atoms with Gasteiger partial charge in [-0.1, -0.05) is 19.3 Å². The highest BCUT2D eigenvalue weighted by atomic mass is 32.2. The molecule has 0 aromatic heterocycles. The molecule has 0 bridgehead atoms. The summed E-state index contributed by atoms with van der Waals surface area (Å²) < 4.78 is 0. The van der Waals surface area contributed by atoms with Crippen molar-refractivity contribution in [3.8, 4) is 0 Å². The molecule has 2 nitrogen and oxygen atoms in total. The number of hydrogen-bond acceptors (Lipinski definition) is 3. The van der Waals surface area contributed by atoms with Crippen LogP contribution in [0.3, 0.4) is 0 Å². The zero-order chi connectivity index (χ0) is 12.6. The normalized spacial score (nSPS) is 24.5. The zero-order valence-electron chi connectivity index (χ0n) is 12.0. The lowest BCUT2D eigenvalue weighted by Crippen LogP contribution is -2.39. The smallest absolute Gasteiger partial charge is 0.0107 e.